The third kappa shape index (κ3) is 2.67. The van der Waals surface area contributed by atoms with Crippen molar-refractivity contribution in [3.63, 3.8) is 0 Å². The average Bonchev–Trinajstić information content (AvgIpc) is 2.33. The average molecular weight is 266 g/mol. The molecule has 1 amide bonds. The minimum absolute atomic E-state index is 0.0328. The normalized spacial score (nSPS) is 10.1. The van der Waals surface area contributed by atoms with Crippen LogP contribution in [0.4, 0.5) is 5.69 Å². The summed E-state index contributed by atoms with van der Waals surface area (Å²) in [6.07, 6.45) is 1.13. The molecule has 0 fully saturated rings. The molecule has 0 aliphatic rings. The molecule has 6 nitrogen and oxygen atoms in total. The van der Waals surface area contributed by atoms with Crippen molar-refractivity contribution in [3.8, 4) is 0 Å². The van der Waals surface area contributed by atoms with Crippen LogP contribution in [0, 0.1) is 0 Å². The van der Waals surface area contributed by atoms with E-state index in [4.69, 9.17) is 11.6 Å². The van der Waals surface area contributed by atoms with Crippen LogP contribution < -0.4 is 16.6 Å². The number of carbonyl (C=O) groups excluding carboxylic acids is 1. The molecule has 0 saturated carbocycles. The van der Waals surface area contributed by atoms with Crippen LogP contribution in [0.5, 0.6) is 0 Å². The van der Waals surface area contributed by atoms with Gasteiger partial charge in [0.25, 0.3) is 11.5 Å². The Morgan fingerprint density at radius 1 is 1.17 bits per heavy atom. The van der Waals surface area contributed by atoms with Gasteiger partial charge in [0.1, 0.15) is 5.69 Å². The molecule has 7 heteroatoms. The second kappa shape index (κ2) is 4.89. The van der Waals surface area contributed by atoms with Crippen molar-refractivity contribution < 1.29 is 4.79 Å². The Bertz CT molecular complexity index is 688. The van der Waals surface area contributed by atoms with Gasteiger partial charge in [0.2, 0.25) is 0 Å². The van der Waals surface area contributed by atoms with E-state index in [-0.39, 0.29) is 5.69 Å². The highest BCUT2D eigenvalue weighted by molar-refractivity contribution is 6.30. The smallest absolute Gasteiger partial charge is 0.316 e. The highest BCUT2D eigenvalue weighted by Crippen LogP contribution is 2.10. The maximum atomic E-state index is 11.8. The number of amides is 1. The molecule has 2 rings (SSSR count). The molecule has 92 valence electrons. The Hall–Kier alpha value is -2.34. The van der Waals surface area contributed by atoms with E-state index < -0.39 is 17.2 Å². The zero-order valence-corrected chi connectivity index (χ0v) is 9.75. The Balaban J connectivity index is 2.24. The standard InChI is InChI=1S/C11H8ClN3O3/c12-7-3-1-6(2-4-7)9(16)14-8-5-13-11(18)15-10(8)17/h1-5H,(H,14,16)(H2,13,15,17,18). The van der Waals surface area contributed by atoms with Crippen LogP contribution in [0.3, 0.4) is 0 Å². The van der Waals surface area contributed by atoms with Crippen LogP contribution in [-0.4, -0.2) is 15.9 Å². The summed E-state index contributed by atoms with van der Waals surface area (Å²) in [5.41, 5.74) is -0.981. The summed E-state index contributed by atoms with van der Waals surface area (Å²) in [6.45, 7) is 0. The molecule has 0 radical (unpaired) electrons. The van der Waals surface area contributed by atoms with Crippen molar-refractivity contribution in [2.45, 2.75) is 0 Å². The number of aromatic amines is 2. The third-order valence-electron chi connectivity index (χ3n) is 2.17. The third-order valence-corrected chi connectivity index (χ3v) is 2.43. The Kier molecular flexibility index (Phi) is 3.29. The quantitative estimate of drug-likeness (QED) is 0.755. The molecular weight excluding hydrogens is 258 g/mol. The summed E-state index contributed by atoms with van der Waals surface area (Å²) in [4.78, 5) is 38.2. The molecule has 0 aliphatic carbocycles. The molecule has 18 heavy (non-hydrogen) atoms. The number of aromatic nitrogens is 2. The van der Waals surface area contributed by atoms with Gasteiger partial charge in [-0.3, -0.25) is 14.6 Å². The van der Waals surface area contributed by atoms with Gasteiger partial charge in [-0.05, 0) is 24.3 Å². The lowest BCUT2D eigenvalue weighted by molar-refractivity contribution is 0.102. The van der Waals surface area contributed by atoms with E-state index in [9.17, 15) is 14.4 Å². The zero-order valence-electron chi connectivity index (χ0n) is 8.99. The van der Waals surface area contributed by atoms with Crippen molar-refractivity contribution in [2.75, 3.05) is 5.32 Å². The predicted molar refractivity (Wildman–Crippen MR) is 67.1 cm³/mol. The molecule has 2 aromatic rings. The van der Waals surface area contributed by atoms with Gasteiger partial charge in [0.05, 0.1) is 0 Å². The first-order valence-corrected chi connectivity index (χ1v) is 5.33. The van der Waals surface area contributed by atoms with E-state index in [1.54, 1.807) is 12.1 Å². The molecule has 3 N–H and O–H groups in total. The number of hydrogen-bond acceptors (Lipinski definition) is 3. The number of H-pyrrole nitrogens is 2. The monoisotopic (exact) mass is 265 g/mol. The lowest BCUT2D eigenvalue weighted by Gasteiger charge is -2.03. The molecular formula is C11H8ClN3O3. The van der Waals surface area contributed by atoms with Gasteiger partial charge in [0.15, 0.2) is 0 Å². The summed E-state index contributed by atoms with van der Waals surface area (Å²) in [7, 11) is 0. The van der Waals surface area contributed by atoms with Gasteiger partial charge in [-0.2, -0.15) is 0 Å². The van der Waals surface area contributed by atoms with Gasteiger partial charge in [-0.1, -0.05) is 11.6 Å². The number of anilines is 1. The second-order valence-electron chi connectivity index (χ2n) is 3.45. The van der Waals surface area contributed by atoms with Gasteiger partial charge < -0.3 is 10.3 Å². The van der Waals surface area contributed by atoms with Gasteiger partial charge in [0, 0.05) is 16.8 Å². The topological polar surface area (TPSA) is 94.8 Å². The highest BCUT2D eigenvalue weighted by Gasteiger charge is 2.08. The molecule has 1 aromatic carbocycles. The first-order valence-electron chi connectivity index (χ1n) is 4.95. The van der Waals surface area contributed by atoms with Crippen LogP contribution in [0.25, 0.3) is 0 Å². The fourth-order valence-electron chi connectivity index (χ4n) is 1.30. The number of halogens is 1. The van der Waals surface area contributed by atoms with Crippen molar-refractivity contribution in [1.29, 1.82) is 0 Å². The zero-order chi connectivity index (χ0) is 13.1. The lowest BCUT2D eigenvalue weighted by atomic mass is 10.2. The first-order chi connectivity index (χ1) is 8.56. The predicted octanol–water partition coefficient (Wildman–Crippen LogP) is 0.969. The molecule has 0 atom stereocenters. The summed E-state index contributed by atoms with van der Waals surface area (Å²) in [5.74, 6) is -0.468. The second-order valence-corrected chi connectivity index (χ2v) is 3.88. The van der Waals surface area contributed by atoms with E-state index in [2.05, 4.69) is 10.3 Å². The number of hydrogen-bond donors (Lipinski definition) is 3. The number of carbonyl (C=O) groups is 1. The summed E-state index contributed by atoms with van der Waals surface area (Å²) >= 11 is 5.69. The van der Waals surface area contributed by atoms with E-state index in [1.807, 2.05) is 4.98 Å². The summed E-state index contributed by atoms with van der Waals surface area (Å²) < 4.78 is 0. The van der Waals surface area contributed by atoms with Crippen molar-refractivity contribution in [1.82, 2.24) is 9.97 Å². The fourth-order valence-corrected chi connectivity index (χ4v) is 1.42. The SMILES string of the molecule is O=C(Nc1c[nH]c(=O)[nH]c1=O)c1ccc(Cl)cc1. The molecule has 0 aliphatic heterocycles. The van der Waals surface area contributed by atoms with Gasteiger partial charge in [-0.25, -0.2) is 4.79 Å². The van der Waals surface area contributed by atoms with E-state index >= 15 is 0 Å². The van der Waals surface area contributed by atoms with E-state index in [0.717, 1.165) is 6.20 Å². The Labute approximate surface area is 106 Å². The van der Waals surface area contributed by atoms with Crippen molar-refractivity contribution in [2.24, 2.45) is 0 Å². The molecule has 0 saturated heterocycles. The first kappa shape index (κ1) is 12.1. The van der Waals surface area contributed by atoms with Gasteiger partial charge >= 0.3 is 5.69 Å². The molecule has 1 aromatic heterocycles. The minimum atomic E-state index is -0.666. The van der Waals surface area contributed by atoms with Crippen molar-refractivity contribution >= 4 is 23.2 Å². The maximum absolute atomic E-state index is 11.8. The Morgan fingerprint density at radius 3 is 2.44 bits per heavy atom. The summed E-state index contributed by atoms with van der Waals surface area (Å²) in [5, 5.41) is 2.89. The summed E-state index contributed by atoms with van der Waals surface area (Å²) in [6, 6.07) is 6.18. The minimum Gasteiger partial charge on any atom is -0.316 e. The van der Waals surface area contributed by atoms with Crippen molar-refractivity contribution in [3.05, 3.63) is 61.9 Å². The molecule has 0 bridgehead atoms. The maximum Gasteiger partial charge on any atom is 0.325 e. The van der Waals surface area contributed by atoms with Crippen LogP contribution in [-0.2, 0) is 0 Å². The van der Waals surface area contributed by atoms with Crippen LogP contribution >= 0.6 is 11.6 Å². The highest BCUT2D eigenvalue weighted by atomic mass is 35.5. The molecule has 0 unspecified atom stereocenters. The lowest BCUT2D eigenvalue weighted by Crippen LogP contribution is -2.26. The van der Waals surface area contributed by atoms with Crippen LogP contribution in [0.1, 0.15) is 10.4 Å². The molecule has 1 heterocycles. The van der Waals surface area contributed by atoms with Crippen LogP contribution in [0.2, 0.25) is 5.02 Å². The number of benzene rings is 1. The van der Waals surface area contributed by atoms with E-state index in [1.165, 1.54) is 12.1 Å². The largest absolute Gasteiger partial charge is 0.325 e. The fraction of sp³-hybridized carbons (Fsp3) is 0. The van der Waals surface area contributed by atoms with Gasteiger partial charge in [-0.15, -0.1) is 0 Å². The number of nitrogens with one attached hydrogen (secondary N) is 3. The Morgan fingerprint density at radius 2 is 1.83 bits per heavy atom. The van der Waals surface area contributed by atoms with Crippen LogP contribution in [0.15, 0.2) is 40.1 Å². The number of rotatable bonds is 2. The molecule has 0 spiro atoms. The van der Waals surface area contributed by atoms with E-state index in [0.29, 0.717) is 10.6 Å².